The Morgan fingerprint density at radius 2 is 1.38 bits per heavy atom. The molecule has 2 heterocycles. The Bertz CT molecular complexity index is 1240. The number of rotatable bonds is 5. The first-order valence-electron chi connectivity index (χ1n) is 11.5. The van der Waals surface area contributed by atoms with Crippen molar-refractivity contribution in [2.24, 2.45) is 0 Å². The van der Waals surface area contributed by atoms with Crippen LogP contribution in [-0.4, -0.2) is 52.3 Å². The number of anilines is 3. The third-order valence-corrected chi connectivity index (χ3v) is 6.20. The summed E-state index contributed by atoms with van der Waals surface area (Å²) >= 11 is 0. The fourth-order valence-corrected chi connectivity index (χ4v) is 4.29. The Kier molecular flexibility index (Phi) is 7.56. The highest BCUT2D eigenvalue weighted by Crippen LogP contribution is 2.33. The summed E-state index contributed by atoms with van der Waals surface area (Å²) in [5.74, 6) is -1.35. The average Bonchev–Trinajstić information content (AvgIpc) is 3.15. The second-order valence-electron chi connectivity index (χ2n) is 8.35. The van der Waals surface area contributed by atoms with Crippen LogP contribution in [0.4, 0.5) is 30.2 Å². The van der Waals surface area contributed by atoms with Gasteiger partial charge in [0.05, 0.1) is 25.4 Å². The molecule has 10 heteroatoms. The Labute approximate surface area is 212 Å². The number of esters is 2. The first-order chi connectivity index (χ1) is 17.7. The molecule has 2 aliphatic rings. The number of piperazine rings is 1. The summed E-state index contributed by atoms with van der Waals surface area (Å²) in [6.45, 7) is 2.40. The number of hydrogen-bond acceptors (Lipinski definition) is 7. The zero-order chi connectivity index (χ0) is 26.6. The number of methoxy groups -OCH3 is 2. The summed E-state index contributed by atoms with van der Waals surface area (Å²) in [6, 6.07) is 12.8. The lowest BCUT2D eigenvalue weighted by Gasteiger charge is -2.37. The summed E-state index contributed by atoms with van der Waals surface area (Å²) in [5.41, 5.74) is 1.55. The molecular formula is C27H26F3N3O4. The quantitative estimate of drug-likeness (QED) is 0.545. The molecule has 2 aromatic carbocycles. The standard InChI is InChI=1S/C27H26F3N3O4/c1-36-25(34)23-8-3-4-13-33(24(23)26(35)37-2)21-11-9-20(10-12-21)31-14-16-32(17-15-31)22-7-5-6-19(18-22)27(28,29)30/h3-13,18H,14-17H2,1-2H3. The van der Waals surface area contributed by atoms with Crippen LogP contribution >= 0.6 is 0 Å². The van der Waals surface area contributed by atoms with Crippen molar-refractivity contribution < 1.29 is 32.2 Å². The summed E-state index contributed by atoms with van der Waals surface area (Å²) in [7, 11) is 2.48. The molecule has 0 unspecified atom stereocenters. The number of halogens is 3. The van der Waals surface area contributed by atoms with Gasteiger partial charge in [-0.3, -0.25) is 0 Å². The highest BCUT2D eigenvalue weighted by Gasteiger charge is 2.31. The van der Waals surface area contributed by atoms with Crippen molar-refractivity contribution in [3.05, 3.63) is 89.8 Å². The molecule has 0 atom stereocenters. The molecule has 7 nitrogen and oxygen atoms in total. The molecule has 0 aliphatic carbocycles. The van der Waals surface area contributed by atoms with E-state index in [9.17, 15) is 22.8 Å². The SMILES string of the molecule is COC(=O)C1=C(C(=O)OC)N(c2ccc(N3CCN(c4cccc(C(F)(F)F)c4)CC3)cc2)C=CC=C1. The van der Waals surface area contributed by atoms with Crippen molar-refractivity contribution in [1.82, 2.24) is 0 Å². The van der Waals surface area contributed by atoms with E-state index in [2.05, 4.69) is 4.90 Å². The molecule has 0 aromatic heterocycles. The first-order valence-corrected chi connectivity index (χ1v) is 11.5. The van der Waals surface area contributed by atoms with Crippen LogP contribution in [0.25, 0.3) is 0 Å². The van der Waals surface area contributed by atoms with Crippen LogP contribution in [0.15, 0.2) is 84.2 Å². The van der Waals surface area contributed by atoms with Crippen LogP contribution < -0.4 is 14.7 Å². The lowest BCUT2D eigenvalue weighted by atomic mass is 10.1. The maximum atomic E-state index is 13.1. The molecule has 4 rings (SSSR count). The average molecular weight is 514 g/mol. The minimum atomic E-state index is -4.38. The molecule has 1 fully saturated rings. The Morgan fingerprint density at radius 1 is 0.784 bits per heavy atom. The number of hydrogen-bond donors (Lipinski definition) is 0. The molecular weight excluding hydrogens is 487 g/mol. The van der Waals surface area contributed by atoms with Crippen molar-refractivity contribution in [3.63, 3.8) is 0 Å². The number of carbonyl (C=O) groups excluding carboxylic acids is 2. The largest absolute Gasteiger partial charge is 0.465 e. The van der Waals surface area contributed by atoms with Gasteiger partial charge in [0.1, 0.15) is 5.70 Å². The van der Waals surface area contributed by atoms with Crippen LogP contribution in [-0.2, 0) is 25.2 Å². The Balaban J connectivity index is 1.50. The number of alkyl halides is 3. The molecule has 2 aromatic rings. The van der Waals surface area contributed by atoms with Crippen LogP contribution in [0, 0.1) is 0 Å². The van der Waals surface area contributed by atoms with E-state index in [1.165, 1.54) is 32.4 Å². The molecule has 194 valence electrons. The van der Waals surface area contributed by atoms with Crippen LogP contribution in [0.2, 0.25) is 0 Å². The van der Waals surface area contributed by atoms with Gasteiger partial charge in [-0.25, -0.2) is 9.59 Å². The van der Waals surface area contributed by atoms with Gasteiger partial charge in [0.15, 0.2) is 0 Å². The van der Waals surface area contributed by atoms with E-state index in [-0.39, 0.29) is 11.3 Å². The van der Waals surface area contributed by atoms with Crippen molar-refractivity contribution in [2.45, 2.75) is 6.18 Å². The molecule has 0 bridgehead atoms. The minimum absolute atomic E-state index is 0.0294. The van der Waals surface area contributed by atoms with E-state index in [0.29, 0.717) is 37.6 Å². The van der Waals surface area contributed by atoms with Gasteiger partial charge in [0, 0.05) is 49.4 Å². The van der Waals surface area contributed by atoms with Crippen molar-refractivity contribution in [2.75, 3.05) is 55.1 Å². The van der Waals surface area contributed by atoms with Gasteiger partial charge < -0.3 is 24.2 Å². The predicted molar refractivity (Wildman–Crippen MR) is 134 cm³/mol. The molecule has 0 saturated carbocycles. The van der Waals surface area contributed by atoms with E-state index in [1.54, 1.807) is 29.3 Å². The van der Waals surface area contributed by atoms with Crippen molar-refractivity contribution in [1.29, 1.82) is 0 Å². The maximum Gasteiger partial charge on any atom is 0.416 e. The summed E-state index contributed by atoms with van der Waals surface area (Å²) < 4.78 is 49.0. The molecule has 0 N–H and O–H groups in total. The molecule has 0 spiro atoms. The van der Waals surface area contributed by atoms with Crippen molar-refractivity contribution >= 4 is 29.0 Å². The van der Waals surface area contributed by atoms with E-state index < -0.39 is 23.7 Å². The predicted octanol–water partition coefficient (Wildman–Crippen LogP) is 4.52. The van der Waals surface area contributed by atoms with Gasteiger partial charge >= 0.3 is 18.1 Å². The first kappa shape index (κ1) is 25.9. The number of ether oxygens (including phenoxy) is 2. The van der Waals surface area contributed by atoms with E-state index in [4.69, 9.17) is 9.47 Å². The summed E-state index contributed by atoms with van der Waals surface area (Å²) in [6.07, 6.45) is 2.10. The van der Waals surface area contributed by atoms with Gasteiger partial charge in [-0.05, 0) is 54.6 Å². The number of nitrogens with zero attached hydrogens (tertiary/aromatic N) is 3. The number of carbonyl (C=O) groups is 2. The molecule has 0 radical (unpaired) electrons. The molecule has 1 saturated heterocycles. The van der Waals surface area contributed by atoms with Gasteiger partial charge in [0.2, 0.25) is 0 Å². The minimum Gasteiger partial charge on any atom is -0.465 e. The second kappa shape index (κ2) is 10.8. The van der Waals surface area contributed by atoms with Gasteiger partial charge in [0.25, 0.3) is 0 Å². The zero-order valence-corrected chi connectivity index (χ0v) is 20.4. The van der Waals surface area contributed by atoms with Crippen LogP contribution in [0.3, 0.4) is 0 Å². The highest BCUT2D eigenvalue weighted by atomic mass is 19.4. The van der Waals surface area contributed by atoms with Crippen molar-refractivity contribution in [3.8, 4) is 0 Å². The van der Waals surface area contributed by atoms with Gasteiger partial charge in [-0.2, -0.15) is 13.2 Å². The normalized spacial score (nSPS) is 16.1. The monoisotopic (exact) mass is 513 g/mol. The molecule has 37 heavy (non-hydrogen) atoms. The number of allylic oxidation sites excluding steroid dienone is 2. The molecule has 0 amide bonds. The third-order valence-electron chi connectivity index (χ3n) is 6.20. The molecule has 2 aliphatic heterocycles. The van der Waals surface area contributed by atoms with Crippen LogP contribution in [0.1, 0.15) is 5.56 Å². The van der Waals surface area contributed by atoms with E-state index in [1.807, 2.05) is 29.2 Å². The Hall–Kier alpha value is -4.21. The van der Waals surface area contributed by atoms with Gasteiger partial charge in [-0.15, -0.1) is 0 Å². The highest BCUT2D eigenvalue weighted by molar-refractivity contribution is 6.05. The smallest absolute Gasteiger partial charge is 0.416 e. The van der Waals surface area contributed by atoms with Gasteiger partial charge in [-0.1, -0.05) is 12.1 Å². The van der Waals surface area contributed by atoms with Crippen LogP contribution in [0.5, 0.6) is 0 Å². The maximum absolute atomic E-state index is 13.1. The fraction of sp³-hybridized carbons (Fsp3) is 0.259. The lowest BCUT2D eigenvalue weighted by molar-refractivity contribution is -0.139. The second-order valence-corrected chi connectivity index (χ2v) is 8.35. The van der Waals surface area contributed by atoms with E-state index >= 15 is 0 Å². The zero-order valence-electron chi connectivity index (χ0n) is 20.4. The topological polar surface area (TPSA) is 62.3 Å². The number of benzene rings is 2. The fourth-order valence-electron chi connectivity index (χ4n) is 4.29. The Morgan fingerprint density at radius 3 is 1.97 bits per heavy atom. The third kappa shape index (κ3) is 5.63. The van der Waals surface area contributed by atoms with E-state index in [0.717, 1.165) is 11.8 Å². The summed E-state index contributed by atoms with van der Waals surface area (Å²) in [5, 5.41) is 0. The summed E-state index contributed by atoms with van der Waals surface area (Å²) in [4.78, 5) is 30.6. The lowest BCUT2D eigenvalue weighted by Crippen LogP contribution is -2.46.